The molecule has 1 aliphatic carbocycles. The lowest BCUT2D eigenvalue weighted by Gasteiger charge is -2.26. The molecule has 158 valence electrons. The van der Waals surface area contributed by atoms with Gasteiger partial charge in [0.25, 0.3) is 5.91 Å². The number of nitrogens with zero attached hydrogens (tertiary/aromatic N) is 2. The van der Waals surface area contributed by atoms with Crippen molar-refractivity contribution in [3.8, 4) is 0 Å². The third-order valence-electron chi connectivity index (χ3n) is 4.47. The number of carbonyl (C=O) groups excluding carboxylic acids is 1. The SMILES string of the molecule is O=C(N[C@@H](C1=CCC(C(F)(F)F)C=C1)c1ncccc1C(F)(F)F)c1ccccn1. The second-order valence-corrected chi connectivity index (χ2v) is 6.50. The molecular formula is C20H15F6N3O. The topological polar surface area (TPSA) is 54.9 Å². The fourth-order valence-electron chi connectivity index (χ4n) is 2.99. The van der Waals surface area contributed by atoms with Gasteiger partial charge in [-0.1, -0.05) is 24.3 Å². The molecule has 2 heterocycles. The summed E-state index contributed by atoms with van der Waals surface area (Å²) >= 11 is 0. The lowest BCUT2D eigenvalue weighted by molar-refractivity contribution is -0.160. The monoisotopic (exact) mass is 427 g/mol. The van der Waals surface area contributed by atoms with E-state index in [2.05, 4.69) is 15.3 Å². The van der Waals surface area contributed by atoms with E-state index >= 15 is 0 Å². The minimum absolute atomic E-state index is 0.0550. The molecule has 0 fully saturated rings. The molecule has 3 rings (SSSR count). The van der Waals surface area contributed by atoms with Gasteiger partial charge in [0.05, 0.1) is 23.2 Å². The highest BCUT2D eigenvalue weighted by atomic mass is 19.4. The molecule has 4 nitrogen and oxygen atoms in total. The molecule has 1 amide bonds. The van der Waals surface area contributed by atoms with Crippen molar-refractivity contribution >= 4 is 5.91 Å². The predicted octanol–water partition coefficient (Wildman–Crippen LogP) is 5.03. The normalized spacial score (nSPS) is 17.9. The number of nitrogens with one attached hydrogen (secondary N) is 1. The molecule has 1 N–H and O–H groups in total. The fourth-order valence-corrected chi connectivity index (χ4v) is 2.99. The van der Waals surface area contributed by atoms with Crippen LogP contribution in [0, 0.1) is 5.92 Å². The molecular weight excluding hydrogens is 412 g/mol. The van der Waals surface area contributed by atoms with E-state index in [1.54, 1.807) is 6.07 Å². The van der Waals surface area contributed by atoms with Gasteiger partial charge in [-0.05, 0) is 36.3 Å². The second-order valence-electron chi connectivity index (χ2n) is 6.50. The first-order valence-corrected chi connectivity index (χ1v) is 8.76. The molecule has 1 unspecified atom stereocenters. The zero-order valence-electron chi connectivity index (χ0n) is 15.2. The van der Waals surface area contributed by atoms with E-state index in [0.29, 0.717) is 0 Å². The van der Waals surface area contributed by atoms with Crippen molar-refractivity contribution in [2.24, 2.45) is 5.92 Å². The van der Waals surface area contributed by atoms with E-state index in [-0.39, 0.29) is 11.3 Å². The minimum atomic E-state index is -4.77. The van der Waals surface area contributed by atoms with Crippen LogP contribution in [0.2, 0.25) is 0 Å². The van der Waals surface area contributed by atoms with Crippen molar-refractivity contribution in [3.05, 3.63) is 83.5 Å². The van der Waals surface area contributed by atoms with Crippen LogP contribution in [0.3, 0.4) is 0 Å². The van der Waals surface area contributed by atoms with E-state index in [1.807, 2.05) is 0 Å². The second kappa shape index (κ2) is 8.29. The van der Waals surface area contributed by atoms with Crippen LogP contribution in [0.5, 0.6) is 0 Å². The van der Waals surface area contributed by atoms with Crippen LogP contribution >= 0.6 is 0 Å². The largest absolute Gasteiger partial charge is 0.418 e. The summed E-state index contributed by atoms with van der Waals surface area (Å²) in [5.41, 5.74) is -1.59. The van der Waals surface area contributed by atoms with Gasteiger partial charge in [0.1, 0.15) is 5.69 Å². The van der Waals surface area contributed by atoms with Gasteiger partial charge in [0.2, 0.25) is 0 Å². The van der Waals surface area contributed by atoms with Crippen molar-refractivity contribution in [2.75, 3.05) is 0 Å². The maximum absolute atomic E-state index is 13.5. The van der Waals surface area contributed by atoms with Crippen molar-refractivity contribution in [2.45, 2.75) is 24.8 Å². The predicted molar refractivity (Wildman–Crippen MR) is 95.1 cm³/mol. The quantitative estimate of drug-likeness (QED) is 0.697. The summed E-state index contributed by atoms with van der Waals surface area (Å²) in [6, 6.07) is 4.91. The molecule has 0 bridgehead atoms. The summed E-state index contributed by atoms with van der Waals surface area (Å²) in [4.78, 5) is 20.2. The van der Waals surface area contributed by atoms with Crippen LogP contribution in [-0.2, 0) is 6.18 Å². The van der Waals surface area contributed by atoms with E-state index < -0.39 is 47.9 Å². The maximum atomic E-state index is 13.5. The standard InChI is InChI=1S/C20H15F6N3O/c21-19(22,23)13-8-6-12(7-9-13)16(29-18(30)15-5-1-2-10-27-15)17-14(20(24,25)26)4-3-11-28-17/h1-8,10-11,13,16H,9H2,(H,29,30)/t13?,16-/m0/s1. The number of amides is 1. The summed E-state index contributed by atoms with van der Waals surface area (Å²) in [6.45, 7) is 0. The van der Waals surface area contributed by atoms with Crippen molar-refractivity contribution in [1.82, 2.24) is 15.3 Å². The van der Waals surface area contributed by atoms with Crippen LogP contribution < -0.4 is 5.32 Å². The highest BCUT2D eigenvalue weighted by molar-refractivity contribution is 5.92. The highest BCUT2D eigenvalue weighted by Gasteiger charge is 2.40. The molecule has 0 aromatic carbocycles. The Morgan fingerprint density at radius 3 is 2.33 bits per heavy atom. The summed E-state index contributed by atoms with van der Waals surface area (Å²) in [5, 5.41) is 2.42. The van der Waals surface area contributed by atoms with Crippen molar-refractivity contribution in [3.63, 3.8) is 0 Å². The molecule has 1 aliphatic rings. The summed E-state index contributed by atoms with van der Waals surface area (Å²) in [7, 11) is 0. The molecule has 0 radical (unpaired) electrons. The number of pyridine rings is 2. The Morgan fingerprint density at radius 1 is 1.03 bits per heavy atom. The number of aromatic nitrogens is 2. The Labute approximate surface area is 167 Å². The molecule has 0 spiro atoms. The average molecular weight is 427 g/mol. The van der Waals surface area contributed by atoms with Crippen LogP contribution in [0.25, 0.3) is 0 Å². The average Bonchev–Trinajstić information content (AvgIpc) is 2.71. The number of hydrogen-bond acceptors (Lipinski definition) is 3. The van der Waals surface area contributed by atoms with Gasteiger partial charge >= 0.3 is 12.4 Å². The molecule has 30 heavy (non-hydrogen) atoms. The van der Waals surface area contributed by atoms with Gasteiger partial charge in [0, 0.05) is 12.4 Å². The van der Waals surface area contributed by atoms with Crippen LogP contribution in [0.4, 0.5) is 26.3 Å². The number of carbonyl (C=O) groups is 1. The highest BCUT2D eigenvalue weighted by Crippen LogP contribution is 2.39. The number of halogens is 6. The Hall–Kier alpha value is -3.17. The number of alkyl halides is 6. The molecule has 2 atom stereocenters. The Morgan fingerprint density at radius 2 is 1.77 bits per heavy atom. The van der Waals surface area contributed by atoms with Crippen LogP contribution in [0.1, 0.15) is 34.2 Å². The first-order chi connectivity index (χ1) is 14.1. The lowest BCUT2D eigenvalue weighted by atomic mass is 9.90. The fraction of sp³-hybridized carbons (Fsp3) is 0.250. The zero-order chi connectivity index (χ0) is 21.9. The third kappa shape index (κ3) is 4.87. The number of hydrogen-bond donors (Lipinski definition) is 1. The van der Waals surface area contributed by atoms with Gasteiger partial charge in [0.15, 0.2) is 0 Å². The Kier molecular flexibility index (Phi) is 5.95. The molecule has 2 aromatic rings. The van der Waals surface area contributed by atoms with Gasteiger partial charge in [-0.2, -0.15) is 26.3 Å². The van der Waals surface area contributed by atoms with E-state index in [1.165, 1.54) is 18.3 Å². The van der Waals surface area contributed by atoms with Crippen LogP contribution in [-0.4, -0.2) is 22.1 Å². The van der Waals surface area contributed by atoms with Crippen molar-refractivity contribution in [1.29, 1.82) is 0 Å². The van der Waals surface area contributed by atoms with Gasteiger partial charge < -0.3 is 5.32 Å². The van der Waals surface area contributed by atoms with Gasteiger partial charge in [-0.25, -0.2) is 0 Å². The molecule has 0 aliphatic heterocycles. The molecule has 2 aromatic heterocycles. The number of allylic oxidation sites excluding steroid dienone is 2. The Bertz CT molecular complexity index is 966. The molecule has 10 heteroatoms. The van der Waals surface area contributed by atoms with E-state index in [9.17, 15) is 31.1 Å². The smallest absolute Gasteiger partial charge is 0.338 e. The van der Waals surface area contributed by atoms with E-state index in [0.717, 1.165) is 36.6 Å². The third-order valence-corrected chi connectivity index (χ3v) is 4.47. The van der Waals surface area contributed by atoms with Gasteiger partial charge in [-0.15, -0.1) is 0 Å². The maximum Gasteiger partial charge on any atom is 0.418 e. The lowest BCUT2D eigenvalue weighted by Crippen LogP contribution is -2.33. The van der Waals surface area contributed by atoms with Crippen molar-refractivity contribution < 1.29 is 31.1 Å². The Balaban J connectivity index is 2.00. The first kappa shape index (κ1) is 21.5. The van der Waals surface area contributed by atoms with E-state index in [4.69, 9.17) is 0 Å². The minimum Gasteiger partial charge on any atom is -0.338 e. The van der Waals surface area contributed by atoms with Crippen LogP contribution in [0.15, 0.2) is 66.5 Å². The summed E-state index contributed by atoms with van der Waals surface area (Å²) in [6.07, 6.45) is -4.16. The first-order valence-electron chi connectivity index (χ1n) is 8.76. The summed E-state index contributed by atoms with van der Waals surface area (Å²) < 4.78 is 79.3. The zero-order valence-corrected chi connectivity index (χ0v) is 15.2. The summed E-state index contributed by atoms with van der Waals surface area (Å²) in [5.74, 6) is -2.54. The van der Waals surface area contributed by atoms with Gasteiger partial charge in [-0.3, -0.25) is 14.8 Å². The molecule has 0 saturated heterocycles. The molecule has 0 saturated carbocycles. The number of rotatable bonds is 4.